The first-order valence-corrected chi connectivity index (χ1v) is 6.15. The van der Waals surface area contributed by atoms with Crippen LogP contribution in [0.15, 0.2) is 24.5 Å². The van der Waals surface area contributed by atoms with Gasteiger partial charge in [0.15, 0.2) is 0 Å². The molecular weight excluding hydrogens is 216 g/mol. The van der Waals surface area contributed by atoms with E-state index < -0.39 is 0 Å². The molecule has 1 aromatic rings. The summed E-state index contributed by atoms with van der Waals surface area (Å²) in [6.07, 6.45) is 4.00. The van der Waals surface area contributed by atoms with Crippen LogP contribution in [0.1, 0.15) is 0 Å². The molecule has 1 saturated heterocycles. The molecule has 1 fully saturated rings. The minimum Gasteiger partial charge on any atom is -0.353 e. The number of hydrogen-bond acceptors (Lipinski definition) is 3. The maximum atomic E-state index is 11.7. The number of carbonyl (C=O) groups excluding carboxylic acids is 1. The third-order valence-corrected chi connectivity index (χ3v) is 2.94. The maximum Gasteiger partial charge on any atom is 0.234 e. The Balaban J connectivity index is 1.60. The molecule has 1 aliphatic heterocycles. The highest BCUT2D eigenvalue weighted by Gasteiger charge is 2.12. The Bertz CT molecular complexity index is 330. The average molecular weight is 236 g/mol. The Hall–Kier alpha value is -1.33. The van der Waals surface area contributed by atoms with Crippen molar-refractivity contribution in [2.75, 3.05) is 39.3 Å². The van der Waals surface area contributed by atoms with Crippen LogP contribution in [0.4, 0.5) is 0 Å². The van der Waals surface area contributed by atoms with Crippen LogP contribution in [0.2, 0.25) is 0 Å². The molecule has 2 rings (SSSR count). The van der Waals surface area contributed by atoms with Gasteiger partial charge >= 0.3 is 0 Å². The molecule has 1 aromatic heterocycles. The molecule has 0 radical (unpaired) electrons. The van der Waals surface area contributed by atoms with E-state index in [9.17, 15) is 4.79 Å². The molecule has 2 N–H and O–H groups in total. The Morgan fingerprint density at radius 2 is 1.94 bits per heavy atom. The van der Waals surface area contributed by atoms with Crippen LogP contribution in [-0.2, 0) is 11.3 Å². The van der Waals surface area contributed by atoms with Crippen molar-refractivity contribution in [1.29, 1.82) is 0 Å². The largest absolute Gasteiger partial charge is 0.353 e. The van der Waals surface area contributed by atoms with Crippen molar-refractivity contribution >= 4 is 5.91 Å². The van der Waals surface area contributed by atoms with Gasteiger partial charge in [-0.05, 0) is 12.1 Å². The average Bonchev–Trinajstić information content (AvgIpc) is 2.83. The minimum absolute atomic E-state index is 0.124. The van der Waals surface area contributed by atoms with Crippen molar-refractivity contribution in [3.8, 4) is 0 Å². The Morgan fingerprint density at radius 3 is 2.65 bits per heavy atom. The normalized spacial score (nSPS) is 16.9. The molecule has 1 amide bonds. The third kappa shape index (κ3) is 4.20. The van der Waals surface area contributed by atoms with Crippen LogP contribution >= 0.6 is 0 Å². The second kappa shape index (κ2) is 6.42. The van der Waals surface area contributed by atoms with Gasteiger partial charge in [-0.2, -0.15) is 0 Å². The van der Waals surface area contributed by atoms with Gasteiger partial charge in [-0.1, -0.05) is 0 Å². The molecule has 0 saturated carbocycles. The van der Waals surface area contributed by atoms with Crippen LogP contribution < -0.4 is 10.6 Å². The SMILES string of the molecule is O=C(CN1CCNCC1)NCCn1cccc1. The fraction of sp³-hybridized carbons (Fsp3) is 0.583. The first-order chi connectivity index (χ1) is 8.34. The predicted octanol–water partition coefficient (Wildman–Crippen LogP) is -0.490. The molecule has 5 nitrogen and oxygen atoms in total. The first-order valence-electron chi connectivity index (χ1n) is 6.15. The quantitative estimate of drug-likeness (QED) is 0.725. The second-order valence-electron chi connectivity index (χ2n) is 4.30. The summed E-state index contributed by atoms with van der Waals surface area (Å²) in [7, 11) is 0. The molecule has 0 unspecified atom stereocenters. The molecule has 5 heteroatoms. The summed E-state index contributed by atoms with van der Waals surface area (Å²) in [5, 5.41) is 6.22. The monoisotopic (exact) mass is 236 g/mol. The van der Waals surface area contributed by atoms with Crippen LogP contribution in [0.5, 0.6) is 0 Å². The van der Waals surface area contributed by atoms with Crippen molar-refractivity contribution in [2.24, 2.45) is 0 Å². The summed E-state index contributed by atoms with van der Waals surface area (Å²) in [6.45, 7) is 5.94. The number of amides is 1. The van der Waals surface area contributed by atoms with Gasteiger partial charge in [0.05, 0.1) is 6.54 Å². The van der Waals surface area contributed by atoms with E-state index in [0.717, 1.165) is 32.7 Å². The van der Waals surface area contributed by atoms with E-state index in [1.54, 1.807) is 0 Å². The van der Waals surface area contributed by atoms with E-state index >= 15 is 0 Å². The summed E-state index contributed by atoms with van der Waals surface area (Å²) in [4.78, 5) is 13.8. The minimum atomic E-state index is 0.124. The van der Waals surface area contributed by atoms with E-state index in [0.29, 0.717) is 13.1 Å². The fourth-order valence-electron chi connectivity index (χ4n) is 1.97. The lowest BCUT2D eigenvalue weighted by molar-refractivity contribution is -0.122. The third-order valence-electron chi connectivity index (χ3n) is 2.94. The molecule has 0 bridgehead atoms. The van der Waals surface area contributed by atoms with E-state index in [4.69, 9.17) is 0 Å². The van der Waals surface area contributed by atoms with E-state index in [-0.39, 0.29) is 5.91 Å². The fourth-order valence-corrected chi connectivity index (χ4v) is 1.97. The van der Waals surface area contributed by atoms with Gasteiger partial charge in [-0.3, -0.25) is 9.69 Å². The molecule has 0 aliphatic carbocycles. The zero-order valence-corrected chi connectivity index (χ0v) is 10.1. The standard InChI is InChI=1S/C12H20N4O/c17-12(11-16-8-3-13-4-9-16)14-5-10-15-6-1-2-7-15/h1-2,6-7,13H,3-5,8-11H2,(H,14,17). The highest BCUT2D eigenvalue weighted by atomic mass is 16.2. The van der Waals surface area contributed by atoms with Crippen LogP contribution in [0, 0.1) is 0 Å². The highest BCUT2D eigenvalue weighted by Crippen LogP contribution is 1.91. The molecule has 94 valence electrons. The molecule has 17 heavy (non-hydrogen) atoms. The van der Waals surface area contributed by atoms with Gasteiger partial charge in [-0.15, -0.1) is 0 Å². The second-order valence-corrected chi connectivity index (χ2v) is 4.30. The zero-order valence-electron chi connectivity index (χ0n) is 10.1. The highest BCUT2D eigenvalue weighted by molar-refractivity contribution is 5.77. The summed E-state index contributed by atoms with van der Waals surface area (Å²) < 4.78 is 2.06. The van der Waals surface area contributed by atoms with E-state index in [1.807, 2.05) is 24.5 Å². The number of carbonyl (C=O) groups is 1. The Labute approximate surface area is 102 Å². The summed E-state index contributed by atoms with van der Waals surface area (Å²) in [5.74, 6) is 0.124. The topological polar surface area (TPSA) is 49.3 Å². The van der Waals surface area contributed by atoms with Gasteiger partial charge < -0.3 is 15.2 Å². The lowest BCUT2D eigenvalue weighted by Crippen LogP contribution is -2.47. The van der Waals surface area contributed by atoms with Crippen LogP contribution in [0.3, 0.4) is 0 Å². The molecule has 0 atom stereocenters. The Kier molecular flexibility index (Phi) is 4.58. The zero-order chi connectivity index (χ0) is 11.9. The van der Waals surface area contributed by atoms with Gasteiger partial charge in [0, 0.05) is 51.7 Å². The smallest absolute Gasteiger partial charge is 0.234 e. The molecular formula is C12H20N4O. The Morgan fingerprint density at radius 1 is 1.24 bits per heavy atom. The van der Waals surface area contributed by atoms with E-state index in [1.165, 1.54) is 0 Å². The number of aromatic nitrogens is 1. The molecule has 0 aromatic carbocycles. The number of nitrogens with zero attached hydrogens (tertiary/aromatic N) is 2. The predicted molar refractivity (Wildman–Crippen MR) is 66.8 cm³/mol. The summed E-state index contributed by atoms with van der Waals surface area (Å²) >= 11 is 0. The lowest BCUT2D eigenvalue weighted by atomic mass is 10.3. The maximum absolute atomic E-state index is 11.7. The number of rotatable bonds is 5. The van der Waals surface area contributed by atoms with Crippen LogP contribution in [-0.4, -0.2) is 54.6 Å². The number of piperazine rings is 1. The van der Waals surface area contributed by atoms with Gasteiger partial charge in [-0.25, -0.2) is 0 Å². The van der Waals surface area contributed by atoms with Crippen molar-refractivity contribution < 1.29 is 4.79 Å². The van der Waals surface area contributed by atoms with Crippen LogP contribution in [0.25, 0.3) is 0 Å². The molecule has 2 heterocycles. The first kappa shape index (κ1) is 12.1. The molecule has 1 aliphatic rings. The lowest BCUT2D eigenvalue weighted by Gasteiger charge is -2.26. The summed E-state index contributed by atoms with van der Waals surface area (Å²) in [6, 6.07) is 3.98. The van der Waals surface area contributed by atoms with Crippen molar-refractivity contribution in [3.05, 3.63) is 24.5 Å². The van der Waals surface area contributed by atoms with Gasteiger partial charge in [0.2, 0.25) is 5.91 Å². The van der Waals surface area contributed by atoms with Gasteiger partial charge in [0.25, 0.3) is 0 Å². The summed E-state index contributed by atoms with van der Waals surface area (Å²) in [5.41, 5.74) is 0. The van der Waals surface area contributed by atoms with E-state index in [2.05, 4.69) is 20.1 Å². The van der Waals surface area contributed by atoms with Crippen molar-refractivity contribution in [3.63, 3.8) is 0 Å². The van der Waals surface area contributed by atoms with Crippen molar-refractivity contribution in [1.82, 2.24) is 20.1 Å². The number of hydrogen-bond donors (Lipinski definition) is 2. The molecule has 0 spiro atoms. The van der Waals surface area contributed by atoms with Gasteiger partial charge in [0.1, 0.15) is 0 Å². The number of nitrogens with one attached hydrogen (secondary N) is 2. The van der Waals surface area contributed by atoms with Crippen molar-refractivity contribution in [2.45, 2.75) is 6.54 Å².